The number of amides is 2. The second-order valence-electron chi connectivity index (χ2n) is 6.58. The molecule has 2 atom stereocenters. The van der Waals surface area contributed by atoms with Gasteiger partial charge in [-0.25, -0.2) is 4.98 Å². The molecule has 0 unspecified atom stereocenters. The zero-order chi connectivity index (χ0) is 16.7. The summed E-state index contributed by atoms with van der Waals surface area (Å²) in [7, 11) is 1.87. The van der Waals surface area contributed by atoms with Gasteiger partial charge in [0.25, 0.3) is 0 Å². The Hall–Kier alpha value is -2.70. The highest BCUT2D eigenvalue weighted by Gasteiger charge is 2.44. The van der Waals surface area contributed by atoms with Crippen LogP contribution in [-0.2, 0) is 16.6 Å². The predicted molar refractivity (Wildman–Crippen MR) is 88.3 cm³/mol. The number of rotatable bonds is 5. The van der Waals surface area contributed by atoms with Crippen molar-refractivity contribution in [2.75, 3.05) is 10.6 Å². The van der Waals surface area contributed by atoms with Crippen LogP contribution in [-0.4, -0.2) is 26.6 Å². The number of carbonyl (C=O) groups excluding carboxylic acids is 2. The summed E-state index contributed by atoms with van der Waals surface area (Å²) < 4.78 is 1.75. The summed E-state index contributed by atoms with van der Waals surface area (Å²) in [5.74, 6) is 0.930. The minimum atomic E-state index is -0.0107. The molecule has 24 heavy (non-hydrogen) atoms. The van der Waals surface area contributed by atoms with Crippen molar-refractivity contribution in [2.45, 2.75) is 25.2 Å². The summed E-state index contributed by atoms with van der Waals surface area (Å²) >= 11 is 0. The standard InChI is InChI=1S/C17H19N5O2/c1-22-9-11(7-19-22)13-6-14(13)17(24)20-12-4-5-15(18-8-12)21-16(23)10-2-3-10/h4-5,7-10,13-14H,2-3,6H2,1H3,(H,20,24)(H,18,21,23)/t13-,14+/m0/s1. The number of anilines is 2. The molecule has 7 nitrogen and oxygen atoms in total. The van der Waals surface area contributed by atoms with E-state index in [1.54, 1.807) is 23.0 Å². The van der Waals surface area contributed by atoms with Gasteiger partial charge in [0.2, 0.25) is 11.8 Å². The van der Waals surface area contributed by atoms with E-state index in [1.807, 2.05) is 19.4 Å². The second-order valence-corrected chi connectivity index (χ2v) is 6.58. The van der Waals surface area contributed by atoms with Crippen molar-refractivity contribution >= 4 is 23.3 Å². The summed E-state index contributed by atoms with van der Waals surface area (Å²) in [5, 5.41) is 9.81. The van der Waals surface area contributed by atoms with E-state index >= 15 is 0 Å². The first-order valence-corrected chi connectivity index (χ1v) is 8.16. The van der Waals surface area contributed by atoms with Gasteiger partial charge < -0.3 is 10.6 Å². The molecule has 0 aromatic carbocycles. The first-order valence-electron chi connectivity index (χ1n) is 8.16. The van der Waals surface area contributed by atoms with E-state index in [0.29, 0.717) is 11.5 Å². The maximum absolute atomic E-state index is 12.3. The summed E-state index contributed by atoms with van der Waals surface area (Å²) in [4.78, 5) is 28.2. The van der Waals surface area contributed by atoms with Gasteiger partial charge in [0.1, 0.15) is 5.82 Å². The van der Waals surface area contributed by atoms with E-state index in [-0.39, 0.29) is 29.6 Å². The van der Waals surface area contributed by atoms with Crippen molar-refractivity contribution in [2.24, 2.45) is 18.9 Å². The quantitative estimate of drug-likeness (QED) is 0.879. The number of aryl methyl sites for hydroxylation is 1. The Labute approximate surface area is 139 Å². The molecular weight excluding hydrogens is 306 g/mol. The molecule has 0 bridgehead atoms. The molecule has 2 aliphatic rings. The third kappa shape index (κ3) is 3.15. The topological polar surface area (TPSA) is 88.9 Å². The molecule has 2 aromatic rings. The molecule has 124 valence electrons. The van der Waals surface area contributed by atoms with Crippen molar-refractivity contribution in [1.29, 1.82) is 0 Å². The molecule has 0 radical (unpaired) electrons. The van der Waals surface area contributed by atoms with Crippen LogP contribution in [0.2, 0.25) is 0 Å². The van der Waals surface area contributed by atoms with Crippen LogP contribution < -0.4 is 10.6 Å². The Balaban J connectivity index is 1.32. The van der Waals surface area contributed by atoms with Crippen LogP contribution in [0.1, 0.15) is 30.7 Å². The van der Waals surface area contributed by atoms with Gasteiger partial charge in [-0.15, -0.1) is 0 Å². The van der Waals surface area contributed by atoms with Gasteiger partial charge in [-0.2, -0.15) is 5.10 Å². The lowest BCUT2D eigenvalue weighted by Gasteiger charge is -2.06. The van der Waals surface area contributed by atoms with Gasteiger partial charge in [-0.1, -0.05) is 0 Å². The average Bonchev–Trinajstić information content (AvgIpc) is 3.47. The molecule has 0 saturated heterocycles. The molecule has 4 rings (SSSR count). The lowest BCUT2D eigenvalue weighted by Crippen LogP contribution is -2.16. The normalized spacial score (nSPS) is 22.0. The molecule has 2 aliphatic carbocycles. The molecule has 2 amide bonds. The Morgan fingerprint density at radius 1 is 1.17 bits per heavy atom. The molecule has 0 spiro atoms. The highest BCUT2D eigenvalue weighted by molar-refractivity contribution is 5.96. The summed E-state index contributed by atoms with van der Waals surface area (Å²) in [6, 6.07) is 3.47. The Morgan fingerprint density at radius 2 is 2.00 bits per heavy atom. The third-order valence-electron chi connectivity index (χ3n) is 4.51. The Morgan fingerprint density at radius 3 is 2.62 bits per heavy atom. The van der Waals surface area contributed by atoms with Gasteiger partial charge in [0.05, 0.1) is 18.1 Å². The van der Waals surface area contributed by atoms with Crippen molar-refractivity contribution in [1.82, 2.24) is 14.8 Å². The number of nitrogens with zero attached hydrogens (tertiary/aromatic N) is 3. The fraction of sp³-hybridized carbons (Fsp3) is 0.412. The van der Waals surface area contributed by atoms with E-state index in [4.69, 9.17) is 0 Å². The van der Waals surface area contributed by atoms with Crippen LogP contribution in [0.3, 0.4) is 0 Å². The van der Waals surface area contributed by atoms with E-state index in [0.717, 1.165) is 24.8 Å². The minimum absolute atomic E-state index is 0.000388. The molecule has 0 aliphatic heterocycles. The zero-order valence-corrected chi connectivity index (χ0v) is 13.4. The average molecular weight is 325 g/mol. The smallest absolute Gasteiger partial charge is 0.228 e. The molecule has 7 heteroatoms. The molecule has 2 fully saturated rings. The largest absolute Gasteiger partial charge is 0.324 e. The number of hydrogen-bond donors (Lipinski definition) is 2. The third-order valence-corrected chi connectivity index (χ3v) is 4.51. The van der Waals surface area contributed by atoms with Crippen LogP contribution in [0.4, 0.5) is 11.5 Å². The van der Waals surface area contributed by atoms with Crippen LogP contribution >= 0.6 is 0 Å². The van der Waals surface area contributed by atoms with E-state index < -0.39 is 0 Å². The second kappa shape index (κ2) is 5.74. The van der Waals surface area contributed by atoms with Crippen LogP contribution in [0.15, 0.2) is 30.7 Å². The first kappa shape index (κ1) is 14.9. The van der Waals surface area contributed by atoms with Gasteiger partial charge in [0.15, 0.2) is 0 Å². The van der Waals surface area contributed by atoms with Gasteiger partial charge in [-0.3, -0.25) is 14.3 Å². The van der Waals surface area contributed by atoms with Crippen LogP contribution in [0.5, 0.6) is 0 Å². The Kier molecular flexibility index (Phi) is 3.55. The molecule has 2 saturated carbocycles. The number of hydrogen-bond acceptors (Lipinski definition) is 4. The fourth-order valence-electron chi connectivity index (χ4n) is 2.84. The van der Waals surface area contributed by atoms with Gasteiger partial charge in [-0.05, 0) is 42.9 Å². The van der Waals surface area contributed by atoms with Crippen molar-refractivity contribution in [3.63, 3.8) is 0 Å². The van der Waals surface area contributed by atoms with E-state index in [9.17, 15) is 9.59 Å². The van der Waals surface area contributed by atoms with Gasteiger partial charge in [0, 0.05) is 25.1 Å². The number of aromatic nitrogens is 3. The number of pyridine rings is 1. The highest BCUT2D eigenvalue weighted by Crippen LogP contribution is 2.47. The number of nitrogens with one attached hydrogen (secondary N) is 2. The molecular formula is C17H19N5O2. The highest BCUT2D eigenvalue weighted by atomic mass is 16.2. The summed E-state index contributed by atoms with van der Waals surface area (Å²) in [5.41, 5.74) is 1.75. The molecule has 2 heterocycles. The maximum atomic E-state index is 12.3. The molecule has 2 aromatic heterocycles. The van der Waals surface area contributed by atoms with Crippen molar-refractivity contribution in [3.05, 3.63) is 36.3 Å². The lowest BCUT2D eigenvalue weighted by atomic mass is 10.2. The molecule has 2 N–H and O–H groups in total. The first-order chi connectivity index (χ1) is 11.6. The summed E-state index contributed by atoms with van der Waals surface area (Å²) in [6.45, 7) is 0. The Bertz CT molecular complexity index is 779. The van der Waals surface area contributed by atoms with Crippen LogP contribution in [0.25, 0.3) is 0 Å². The predicted octanol–water partition coefficient (Wildman–Crippen LogP) is 1.91. The fourth-order valence-corrected chi connectivity index (χ4v) is 2.84. The summed E-state index contributed by atoms with van der Waals surface area (Å²) in [6.07, 6.45) is 8.11. The monoisotopic (exact) mass is 325 g/mol. The number of carbonyl (C=O) groups is 2. The van der Waals surface area contributed by atoms with Crippen molar-refractivity contribution in [3.8, 4) is 0 Å². The zero-order valence-electron chi connectivity index (χ0n) is 13.4. The maximum Gasteiger partial charge on any atom is 0.228 e. The van der Waals surface area contributed by atoms with Gasteiger partial charge >= 0.3 is 0 Å². The van der Waals surface area contributed by atoms with Crippen LogP contribution in [0, 0.1) is 11.8 Å². The lowest BCUT2D eigenvalue weighted by molar-refractivity contribution is -0.118. The van der Waals surface area contributed by atoms with Crippen molar-refractivity contribution < 1.29 is 9.59 Å². The minimum Gasteiger partial charge on any atom is -0.324 e. The van der Waals surface area contributed by atoms with E-state index in [2.05, 4.69) is 20.7 Å². The van der Waals surface area contributed by atoms with E-state index in [1.165, 1.54) is 0 Å². The SMILES string of the molecule is Cn1cc([C@@H]2C[C@H]2C(=O)Nc2ccc(NC(=O)C3CC3)nc2)cn1.